The summed E-state index contributed by atoms with van der Waals surface area (Å²) in [5.41, 5.74) is -0.452. The van der Waals surface area contributed by atoms with Gasteiger partial charge in [-0.25, -0.2) is 18.2 Å². The number of benzene rings is 1. The smallest absolute Gasteiger partial charge is 0.152 e. The first-order valence-corrected chi connectivity index (χ1v) is 6.28. The molecule has 0 spiro atoms. The van der Waals surface area contributed by atoms with Crippen LogP contribution in [0.15, 0.2) is 33.3 Å². The molecule has 1 N–H and O–H groups in total. The van der Waals surface area contributed by atoms with E-state index in [0.29, 0.717) is 21.1 Å². The Labute approximate surface area is 117 Å². The van der Waals surface area contributed by atoms with Crippen LogP contribution < -0.4 is 5.32 Å². The van der Waals surface area contributed by atoms with E-state index in [1.54, 1.807) is 6.07 Å². The van der Waals surface area contributed by atoms with E-state index in [9.17, 15) is 13.2 Å². The van der Waals surface area contributed by atoms with Gasteiger partial charge in [-0.2, -0.15) is 0 Å². The zero-order valence-corrected chi connectivity index (χ0v) is 11.8. The van der Waals surface area contributed by atoms with Crippen LogP contribution in [0.2, 0.25) is 0 Å². The van der Waals surface area contributed by atoms with Crippen LogP contribution in [0.1, 0.15) is 0 Å². The molecule has 0 fully saturated rings. The molecule has 0 unspecified atom stereocenters. The van der Waals surface area contributed by atoms with Crippen molar-refractivity contribution < 1.29 is 13.2 Å². The van der Waals surface area contributed by atoms with Gasteiger partial charge in [0.05, 0.1) is 4.47 Å². The van der Waals surface area contributed by atoms with Gasteiger partial charge in [0, 0.05) is 22.8 Å². The molecule has 7 heteroatoms. The summed E-state index contributed by atoms with van der Waals surface area (Å²) >= 11 is 6.40. The van der Waals surface area contributed by atoms with Crippen molar-refractivity contribution >= 4 is 43.4 Å². The Bertz CT molecular complexity index is 582. The van der Waals surface area contributed by atoms with E-state index >= 15 is 0 Å². The second-order valence-electron chi connectivity index (χ2n) is 3.35. The van der Waals surface area contributed by atoms with Crippen molar-refractivity contribution in [1.29, 1.82) is 0 Å². The first kappa shape index (κ1) is 13.4. The largest absolute Gasteiger partial charge is 0.334 e. The minimum Gasteiger partial charge on any atom is -0.334 e. The third-order valence-corrected chi connectivity index (χ3v) is 3.10. The summed E-state index contributed by atoms with van der Waals surface area (Å²) in [5, 5.41) is 2.47. The molecule has 0 saturated heterocycles. The number of pyridine rings is 1. The number of anilines is 2. The SMILES string of the molecule is Fc1cc(F)c(Nc2ncc(Br)cc2Br)c(F)c1. The van der Waals surface area contributed by atoms with Gasteiger partial charge in [0.1, 0.15) is 17.3 Å². The van der Waals surface area contributed by atoms with E-state index in [0.717, 1.165) is 0 Å². The highest BCUT2D eigenvalue weighted by atomic mass is 79.9. The molecule has 0 aliphatic rings. The summed E-state index contributed by atoms with van der Waals surface area (Å²) in [7, 11) is 0. The van der Waals surface area contributed by atoms with E-state index in [2.05, 4.69) is 42.2 Å². The van der Waals surface area contributed by atoms with Crippen LogP contribution >= 0.6 is 31.9 Å². The molecule has 1 aromatic carbocycles. The topological polar surface area (TPSA) is 24.9 Å². The number of nitrogens with one attached hydrogen (secondary N) is 1. The van der Waals surface area contributed by atoms with Gasteiger partial charge in [-0.3, -0.25) is 0 Å². The van der Waals surface area contributed by atoms with Crippen molar-refractivity contribution in [3.05, 3.63) is 50.8 Å². The van der Waals surface area contributed by atoms with E-state index in [1.807, 2.05) is 0 Å². The molecule has 1 aromatic heterocycles. The molecule has 0 aliphatic carbocycles. The summed E-state index contributed by atoms with van der Waals surface area (Å²) in [6.45, 7) is 0. The summed E-state index contributed by atoms with van der Waals surface area (Å²) in [6, 6.07) is 2.85. The first-order chi connectivity index (χ1) is 8.47. The fraction of sp³-hybridized carbons (Fsp3) is 0. The second-order valence-corrected chi connectivity index (χ2v) is 5.12. The van der Waals surface area contributed by atoms with Crippen molar-refractivity contribution in [3.63, 3.8) is 0 Å². The normalized spacial score (nSPS) is 10.5. The number of hydrogen-bond acceptors (Lipinski definition) is 2. The van der Waals surface area contributed by atoms with Crippen LogP contribution in [-0.2, 0) is 0 Å². The molecule has 0 aliphatic heterocycles. The van der Waals surface area contributed by atoms with Gasteiger partial charge in [0.2, 0.25) is 0 Å². The Kier molecular flexibility index (Phi) is 3.91. The molecule has 0 bridgehead atoms. The predicted octanol–water partition coefficient (Wildman–Crippen LogP) is 4.77. The van der Waals surface area contributed by atoms with Crippen molar-refractivity contribution in [2.75, 3.05) is 5.32 Å². The van der Waals surface area contributed by atoms with Crippen LogP contribution in [-0.4, -0.2) is 4.98 Å². The van der Waals surface area contributed by atoms with Crippen LogP contribution in [0.25, 0.3) is 0 Å². The summed E-state index contributed by atoms with van der Waals surface area (Å²) in [4.78, 5) is 3.95. The predicted molar refractivity (Wildman–Crippen MR) is 69.2 cm³/mol. The zero-order chi connectivity index (χ0) is 13.3. The van der Waals surface area contributed by atoms with Gasteiger partial charge in [0.25, 0.3) is 0 Å². The fourth-order valence-corrected chi connectivity index (χ4v) is 2.37. The molecule has 94 valence electrons. The van der Waals surface area contributed by atoms with Gasteiger partial charge in [0.15, 0.2) is 11.6 Å². The molecule has 2 nitrogen and oxygen atoms in total. The summed E-state index contributed by atoms with van der Waals surface area (Å²) < 4.78 is 40.8. The Morgan fingerprint density at radius 2 is 1.61 bits per heavy atom. The van der Waals surface area contributed by atoms with E-state index in [4.69, 9.17) is 0 Å². The second kappa shape index (κ2) is 5.27. The summed E-state index contributed by atoms with van der Waals surface area (Å²) in [5.74, 6) is -2.80. The summed E-state index contributed by atoms with van der Waals surface area (Å²) in [6.07, 6.45) is 1.46. The molecule has 2 rings (SSSR count). The van der Waals surface area contributed by atoms with Gasteiger partial charge in [-0.05, 0) is 37.9 Å². The van der Waals surface area contributed by atoms with Crippen LogP contribution in [0, 0.1) is 17.5 Å². The van der Waals surface area contributed by atoms with Crippen LogP contribution in [0.4, 0.5) is 24.7 Å². The monoisotopic (exact) mass is 380 g/mol. The maximum Gasteiger partial charge on any atom is 0.152 e. The molecule has 18 heavy (non-hydrogen) atoms. The zero-order valence-electron chi connectivity index (χ0n) is 8.65. The molecular weight excluding hydrogens is 377 g/mol. The lowest BCUT2D eigenvalue weighted by Crippen LogP contribution is -2.01. The maximum atomic E-state index is 13.4. The average Bonchev–Trinajstić information content (AvgIpc) is 2.25. The lowest BCUT2D eigenvalue weighted by molar-refractivity contribution is 0.548. The lowest BCUT2D eigenvalue weighted by Gasteiger charge is -2.09. The number of halogens is 5. The van der Waals surface area contributed by atoms with Crippen molar-refractivity contribution in [3.8, 4) is 0 Å². The fourth-order valence-electron chi connectivity index (χ4n) is 1.29. The van der Waals surface area contributed by atoms with Gasteiger partial charge < -0.3 is 5.32 Å². The highest BCUT2D eigenvalue weighted by Crippen LogP contribution is 2.29. The van der Waals surface area contributed by atoms with E-state index in [-0.39, 0.29) is 5.82 Å². The molecule has 0 saturated carbocycles. The highest BCUT2D eigenvalue weighted by molar-refractivity contribution is 9.11. The number of rotatable bonds is 2. The van der Waals surface area contributed by atoms with Gasteiger partial charge >= 0.3 is 0 Å². The minimum atomic E-state index is -1.02. The third-order valence-electron chi connectivity index (χ3n) is 2.06. The Hall–Kier alpha value is -1.08. The third kappa shape index (κ3) is 2.84. The molecule has 1 heterocycles. The average molecular weight is 382 g/mol. The standard InChI is InChI=1S/C11H5Br2F3N2/c12-5-1-7(13)11(17-4-5)18-10-8(15)2-6(14)3-9(10)16/h1-4H,(H,17,18). The molecule has 2 aromatic rings. The number of aromatic nitrogens is 1. The molecule has 0 radical (unpaired) electrons. The number of nitrogens with zero attached hydrogens (tertiary/aromatic N) is 1. The van der Waals surface area contributed by atoms with Gasteiger partial charge in [-0.1, -0.05) is 0 Å². The van der Waals surface area contributed by atoms with Crippen molar-refractivity contribution in [2.45, 2.75) is 0 Å². The van der Waals surface area contributed by atoms with Crippen LogP contribution in [0.3, 0.4) is 0 Å². The Morgan fingerprint density at radius 3 is 2.17 bits per heavy atom. The molecular formula is C11H5Br2F3N2. The number of hydrogen-bond donors (Lipinski definition) is 1. The Balaban J connectivity index is 2.40. The maximum absolute atomic E-state index is 13.4. The Morgan fingerprint density at radius 1 is 1.00 bits per heavy atom. The van der Waals surface area contributed by atoms with Crippen LogP contribution in [0.5, 0.6) is 0 Å². The first-order valence-electron chi connectivity index (χ1n) is 4.70. The quantitative estimate of drug-likeness (QED) is 0.810. The lowest BCUT2D eigenvalue weighted by atomic mass is 10.2. The highest BCUT2D eigenvalue weighted by Gasteiger charge is 2.13. The van der Waals surface area contributed by atoms with Gasteiger partial charge in [-0.15, -0.1) is 0 Å². The van der Waals surface area contributed by atoms with E-state index in [1.165, 1.54) is 6.20 Å². The molecule has 0 amide bonds. The van der Waals surface area contributed by atoms with Crippen molar-refractivity contribution in [1.82, 2.24) is 4.98 Å². The van der Waals surface area contributed by atoms with E-state index < -0.39 is 23.1 Å². The van der Waals surface area contributed by atoms with Crippen molar-refractivity contribution in [2.24, 2.45) is 0 Å². The molecule has 0 atom stereocenters. The minimum absolute atomic E-state index is 0.225.